The second-order valence-corrected chi connectivity index (χ2v) is 8.58. The van der Waals surface area contributed by atoms with Gasteiger partial charge in [-0.15, -0.1) is 0 Å². The third-order valence-corrected chi connectivity index (χ3v) is 4.89. The molecule has 0 unspecified atom stereocenters. The molecule has 0 spiro atoms. The number of carbonyl (C=O) groups is 3. The molecule has 9 nitrogen and oxygen atoms in total. The van der Waals surface area contributed by atoms with Crippen LogP contribution in [0.5, 0.6) is 0 Å². The second-order valence-electron chi connectivity index (χ2n) is 6.83. The molecule has 31 heavy (non-hydrogen) atoms. The van der Waals surface area contributed by atoms with E-state index in [0.29, 0.717) is 30.0 Å². The van der Waals surface area contributed by atoms with Gasteiger partial charge in [-0.3, -0.25) is 19.1 Å². The molecule has 3 amide bonds. The summed E-state index contributed by atoms with van der Waals surface area (Å²) in [6, 6.07) is 10.7. The lowest BCUT2D eigenvalue weighted by molar-refractivity contribution is -0.114. The van der Waals surface area contributed by atoms with Crippen LogP contribution in [0.1, 0.15) is 41.5 Å². The third-order valence-electron chi connectivity index (χ3n) is 4.30. The summed E-state index contributed by atoms with van der Waals surface area (Å²) in [5.41, 5.74) is 1.20. The first-order valence-electron chi connectivity index (χ1n) is 9.64. The molecule has 0 bridgehead atoms. The highest BCUT2D eigenvalue weighted by molar-refractivity contribution is 7.92. The van der Waals surface area contributed by atoms with E-state index in [0.717, 1.165) is 6.26 Å². The fraction of sp³-hybridized carbons (Fsp3) is 0.286. The summed E-state index contributed by atoms with van der Waals surface area (Å²) in [4.78, 5) is 38.5. The van der Waals surface area contributed by atoms with Crippen molar-refractivity contribution in [3.05, 3.63) is 53.6 Å². The van der Waals surface area contributed by atoms with Gasteiger partial charge in [0.2, 0.25) is 15.9 Å². The minimum absolute atomic E-state index is 0.0112. The molecule has 0 atom stereocenters. The highest BCUT2D eigenvalue weighted by Gasteiger charge is 2.17. The summed E-state index contributed by atoms with van der Waals surface area (Å²) >= 11 is 0. The van der Waals surface area contributed by atoms with Crippen LogP contribution in [-0.4, -0.2) is 50.4 Å². The summed E-state index contributed by atoms with van der Waals surface area (Å²) in [5.74, 6) is -1.10. The zero-order chi connectivity index (χ0) is 23.2. The van der Waals surface area contributed by atoms with Crippen molar-refractivity contribution in [1.29, 1.82) is 0 Å². The normalized spacial score (nSPS) is 10.8. The van der Waals surface area contributed by atoms with Crippen LogP contribution in [0.3, 0.4) is 0 Å². The van der Waals surface area contributed by atoms with E-state index < -0.39 is 15.9 Å². The largest absolute Gasteiger partial charge is 0.339 e. The summed E-state index contributed by atoms with van der Waals surface area (Å²) in [5, 5.41) is 5.23. The molecule has 2 aromatic rings. The van der Waals surface area contributed by atoms with Crippen LogP contribution in [0.25, 0.3) is 0 Å². The van der Waals surface area contributed by atoms with Gasteiger partial charge in [0.1, 0.15) is 0 Å². The lowest BCUT2D eigenvalue weighted by Crippen LogP contribution is -2.30. The molecule has 0 radical (unpaired) electrons. The van der Waals surface area contributed by atoms with Crippen LogP contribution >= 0.6 is 0 Å². The Hall–Kier alpha value is -3.40. The maximum absolute atomic E-state index is 12.9. The predicted octanol–water partition coefficient (Wildman–Crippen LogP) is 2.75. The van der Waals surface area contributed by atoms with Gasteiger partial charge in [0.05, 0.1) is 17.5 Å². The maximum Gasteiger partial charge on any atom is 0.257 e. The Morgan fingerprint density at radius 1 is 0.935 bits per heavy atom. The zero-order valence-corrected chi connectivity index (χ0v) is 18.7. The van der Waals surface area contributed by atoms with E-state index >= 15 is 0 Å². The summed E-state index contributed by atoms with van der Waals surface area (Å²) in [6.07, 6.45) is 0.971. The molecule has 2 rings (SSSR count). The molecule has 0 aliphatic rings. The molecule has 166 valence electrons. The number of nitrogens with zero attached hydrogens (tertiary/aromatic N) is 1. The van der Waals surface area contributed by atoms with Crippen molar-refractivity contribution in [2.24, 2.45) is 0 Å². The van der Waals surface area contributed by atoms with Crippen molar-refractivity contribution in [3.8, 4) is 0 Å². The Balaban J connectivity index is 2.36. The van der Waals surface area contributed by atoms with Gasteiger partial charge in [0.15, 0.2) is 0 Å². The van der Waals surface area contributed by atoms with Crippen molar-refractivity contribution in [2.75, 3.05) is 34.7 Å². The monoisotopic (exact) mass is 446 g/mol. The Morgan fingerprint density at radius 2 is 1.58 bits per heavy atom. The topological polar surface area (TPSA) is 125 Å². The van der Waals surface area contributed by atoms with Gasteiger partial charge < -0.3 is 15.5 Å². The van der Waals surface area contributed by atoms with Crippen molar-refractivity contribution in [3.63, 3.8) is 0 Å². The number of carbonyl (C=O) groups excluding carboxylic acids is 3. The Bertz CT molecular complexity index is 1090. The Kier molecular flexibility index (Phi) is 7.76. The van der Waals surface area contributed by atoms with Gasteiger partial charge in [0.25, 0.3) is 11.8 Å². The fourth-order valence-corrected chi connectivity index (χ4v) is 3.50. The highest BCUT2D eigenvalue weighted by Crippen LogP contribution is 2.23. The van der Waals surface area contributed by atoms with Crippen molar-refractivity contribution in [2.45, 2.75) is 20.8 Å². The quantitative estimate of drug-likeness (QED) is 0.575. The molecular formula is C21H26N4O5S. The standard InChI is InChI=1S/C21H26N4O5S/c1-5-25(6-2)21(28)15-8-7-9-16(12-15)23-20(27)18-13-17(22-14(3)26)10-11-19(18)24-31(4,29)30/h7-13,24H,5-6H2,1-4H3,(H,22,26)(H,23,27). The first-order valence-corrected chi connectivity index (χ1v) is 11.5. The van der Waals surface area contributed by atoms with E-state index in [4.69, 9.17) is 0 Å². The first-order chi connectivity index (χ1) is 14.5. The van der Waals surface area contributed by atoms with Crippen LogP contribution in [0.2, 0.25) is 0 Å². The lowest BCUT2D eigenvalue weighted by Gasteiger charge is -2.19. The van der Waals surface area contributed by atoms with Crippen LogP contribution in [0.4, 0.5) is 17.1 Å². The van der Waals surface area contributed by atoms with Crippen molar-refractivity contribution < 1.29 is 22.8 Å². The number of nitrogens with one attached hydrogen (secondary N) is 3. The number of hydrogen-bond donors (Lipinski definition) is 3. The molecule has 0 saturated heterocycles. The Labute approximate surface area is 181 Å². The minimum atomic E-state index is -3.64. The minimum Gasteiger partial charge on any atom is -0.339 e. The van der Waals surface area contributed by atoms with E-state index in [9.17, 15) is 22.8 Å². The van der Waals surface area contributed by atoms with E-state index in [1.807, 2.05) is 13.8 Å². The van der Waals surface area contributed by atoms with Gasteiger partial charge in [0, 0.05) is 37.0 Å². The lowest BCUT2D eigenvalue weighted by atomic mass is 10.1. The summed E-state index contributed by atoms with van der Waals surface area (Å²) in [7, 11) is -3.64. The van der Waals surface area contributed by atoms with E-state index in [2.05, 4.69) is 15.4 Å². The average molecular weight is 447 g/mol. The third kappa shape index (κ3) is 6.82. The molecule has 0 saturated carbocycles. The Morgan fingerprint density at radius 3 is 2.16 bits per heavy atom. The average Bonchev–Trinajstić information content (AvgIpc) is 2.68. The summed E-state index contributed by atoms with van der Waals surface area (Å²) < 4.78 is 25.7. The van der Waals surface area contributed by atoms with Gasteiger partial charge in [-0.25, -0.2) is 8.42 Å². The van der Waals surface area contributed by atoms with Crippen LogP contribution in [0.15, 0.2) is 42.5 Å². The van der Waals surface area contributed by atoms with Gasteiger partial charge in [-0.1, -0.05) is 6.07 Å². The number of rotatable bonds is 8. The molecule has 10 heteroatoms. The van der Waals surface area contributed by atoms with Crippen molar-refractivity contribution in [1.82, 2.24) is 4.90 Å². The molecule has 0 aliphatic carbocycles. The van der Waals surface area contributed by atoms with Gasteiger partial charge >= 0.3 is 0 Å². The molecule has 0 aromatic heterocycles. The second kappa shape index (κ2) is 10.1. The first kappa shape index (κ1) is 23.9. The SMILES string of the molecule is CCN(CC)C(=O)c1cccc(NC(=O)c2cc(NC(C)=O)ccc2NS(C)(=O)=O)c1. The molecule has 0 aliphatic heterocycles. The van der Waals surface area contributed by atoms with Crippen LogP contribution in [-0.2, 0) is 14.8 Å². The molecule has 0 fully saturated rings. The molecule has 3 N–H and O–H groups in total. The maximum atomic E-state index is 12.9. The number of anilines is 3. The molecular weight excluding hydrogens is 420 g/mol. The van der Waals surface area contributed by atoms with Crippen LogP contribution < -0.4 is 15.4 Å². The van der Waals surface area contributed by atoms with E-state index in [1.54, 1.807) is 29.2 Å². The van der Waals surface area contributed by atoms with Gasteiger partial charge in [-0.05, 0) is 50.2 Å². The van der Waals surface area contributed by atoms with Crippen molar-refractivity contribution >= 4 is 44.8 Å². The zero-order valence-electron chi connectivity index (χ0n) is 17.9. The fourth-order valence-electron chi connectivity index (χ4n) is 2.92. The predicted molar refractivity (Wildman–Crippen MR) is 121 cm³/mol. The van der Waals surface area contributed by atoms with E-state index in [1.165, 1.54) is 25.1 Å². The van der Waals surface area contributed by atoms with E-state index in [-0.39, 0.29) is 23.1 Å². The smallest absolute Gasteiger partial charge is 0.257 e. The van der Waals surface area contributed by atoms with Gasteiger partial charge in [-0.2, -0.15) is 0 Å². The number of amides is 3. The number of sulfonamides is 1. The highest BCUT2D eigenvalue weighted by atomic mass is 32.2. The van der Waals surface area contributed by atoms with Crippen LogP contribution in [0, 0.1) is 0 Å². The summed E-state index contributed by atoms with van der Waals surface area (Å²) in [6.45, 7) is 6.20. The number of hydrogen-bond acceptors (Lipinski definition) is 5. The molecule has 0 heterocycles. The molecule has 2 aromatic carbocycles. The number of benzene rings is 2.